The number of hydrogen-bond acceptors (Lipinski definition) is 4. The van der Waals surface area contributed by atoms with Gasteiger partial charge in [0.25, 0.3) is 0 Å². The highest BCUT2D eigenvalue weighted by atomic mass is 35.5. The zero-order valence-electron chi connectivity index (χ0n) is 16.0. The largest absolute Gasteiger partial charge is 0.495 e. The van der Waals surface area contributed by atoms with E-state index in [1.165, 1.54) is 26.4 Å². The van der Waals surface area contributed by atoms with Crippen molar-refractivity contribution in [3.8, 4) is 11.5 Å². The molecule has 0 aromatic heterocycles. The molecule has 2 rings (SSSR count). The van der Waals surface area contributed by atoms with E-state index in [9.17, 15) is 9.59 Å². The van der Waals surface area contributed by atoms with Crippen LogP contribution in [0, 0.1) is 0 Å². The Kier molecular flexibility index (Phi) is 6.33. The molecule has 0 unspecified atom stereocenters. The molecule has 0 aliphatic rings. The van der Waals surface area contributed by atoms with Crippen molar-refractivity contribution in [1.29, 1.82) is 0 Å². The number of ether oxygens (including phenoxy) is 2. The third-order valence-corrected chi connectivity index (χ3v) is 4.21. The topological polar surface area (TPSA) is 76.7 Å². The molecule has 0 fully saturated rings. The molecule has 6 nitrogen and oxygen atoms in total. The van der Waals surface area contributed by atoms with Gasteiger partial charge in [-0.05, 0) is 17.0 Å². The van der Waals surface area contributed by atoms with Crippen LogP contribution in [0.5, 0.6) is 11.5 Å². The molecule has 0 aliphatic heterocycles. The number of para-hydroxylation sites is 1. The lowest BCUT2D eigenvalue weighted by Crippen LogP contribution is -2.30. The first kappa shape index (κ1) is 20.6. The highest BCUT2D eigenvalue weighted by Gasteiger charge is 2.22. The summed E-state index contributed by atoms with van der Waals surface area (Å²) >= 11 is 6.05. The summed E-state index contributed by atoms with van der Waals surface area (Å²) < 4.78 is 10.3. The van der Waals surface area contributed by atoms with Crippen molar-refractivity contribution in [1.82, 2.24) is 0 Å². The van der Waals surface area contributed by atoms with Crippen molar-refractivity contribution < 1.29 is 19.1 Å². The summed E-state index contributed by atoms with van der Waals surface area (Å²) in [5, 5.41) is 5.52. The van der Waals surface area contributed by atoms with E-state index in [-0.39, 0.29) is 11.1 Å². The maximum absolute atomic E-state index is 12.4. The summed E-state index contributed by atoms with van der Waals surface area (Å²) in [4.78, 5) is 24.8. The van der Waals surface area contributed by atoms with Crippen molar-refractivity contribution in [2.24, 2.45) is 0 Å². The van der Waals surface area contributed by atoms with Gasteiger partial charge in [0.15, 0.2) is 0 Å². The first-order valence-electron chi connectivity index (χ1n) is 8.30. The van der Waals surface area contributed by atoms with Crippen LogP contribution >= 0.6 is 11.6 Å². The molecule has 0 spiro atoms. The molecule has 0 saturated carbocycles. The predicted molar refractivity (Wildman–Crippen MR) is 107 cm³/mol. The maximum atomic E-state index is 12.4. The van der Waals surface area contributed by atoms with Gasteiger partial charge >= 0.3 is 11.8 Å². The van der Waals surface area contributed by atoms with Crippen molar-refractivity contribution >= 4 is 34.8 Å². The van der Waals surface area contributed by atoms with Crippen LogP contribution in [0.25, 0.3) is 0 Å². The van der Waals surface area contributed by atoms with Crippen LogP contribution in [-0.2, 0) is 15.0 Å². The van der Waals surface area contributed by atoms with Gasteiger partial charge in [0.05, 0.1) is 24.9 Å². The Hall–Kier alpha value is -2.73. The second-order valence-corrected chi connectivity index (χ2v) is 7.30. The van der Waals surface area contributed by atoms with Gasteiger partial charge < -0.3 is 20.1 Å². The van der Waals surface area contributed by atoms with Gasteiger partial charge in [-0.15, -0.1) is 0 Å². The third kappa shape index (κ3) is 4.92. The number of halogens is 1. The average Bonchev–Trinajstić information content (AvgIpc) is 2.62. The Morgan fingerprint density at radius 2 is 1.44 bits per heavy atom. The molecule has 0 radical (unpaired) electrons. The number of carbonyl (C=O) groups excluding carboxylic acids is 2. The second-order valence-electron chi connectivity index (χ2n) is 6.89. The molecule has 2 N–H and O–H groups in total. The van der Waals surface area contributed by atoms with Crippen LogP contribution < -0.4 is 20.1 Å². The van der Waals surface area contributed by atoms with Crippen molar-refractivity contribution in [3.05, 3.63) is 47.0 Å². The summed E-state index contributed by atoms with van der Waals surface area (Å²) in [5.41, 5.74) is 1.61. The van der Waals surface area contributed by atoms with Gasteiger partial charge in [0, 0.05) is 17.8 Å². The predicted octanol–water partition coefficient (Wildman–Crippen LogP) is 4.23. The van der Waals surface area contributed by atoms with Crippen LogP contribution in [0.1, 0.15) is 26.3 Å². The summed E-state index contributed by atoms with van der Waals surface area (Å²) in [5.74, 6) is -0.952. The highest BCUT2D eigenvalue weighted by molar-refractivity contribution is 6.44. The Bertz CT molecular complexity index is 860. The fourth-order valence-electron chi connectivity index (χ4n) is 2.56. The van der Waals surface area contributed by atoms with Gasteiger partial charge in [-0.25, -0.2) is 0 Å². The van der Waals surface area contributed by atoms with E-state index in [4.69, 9.17) is 21.1 Å². The van der Waals surface area contributed by atoms with Crippen LogP contribution in [0.2, 0.25) is 5.02 Å². The molecular weight excluding hydrogens is 368 g/mol. The zero-order chi connectivity index (χ0) is 20.2. The van der Waals surface area contributed by atoms with E-state index in [1.54, 1.807) is 12.1 Å². The monoisotopic (exact) mass is 390 g/mol. The minimum atomic E-state index is -0.832. The average molecular weight is 391 g/mol. The van der Waals surface area contributed by atoms with Gasteiger partial charge in [-0.1, -0.05) is 50.6 Å². The molecule has 2 aromatic rings. The van der Waals surface area contributed by atoms with E-state index in [0.29, 0.717) is 22.2 Å². The zero-order valence-corrected chi connectivity index (χ0v) is 16.7. The first-order chi connectivity index (χ1) is 12.7. The van der Waals surface area contributed by atoms with Gasteiger partial charge in [-0.2, -0.15) is 0 Å². The van der Waals surface area contributed by atoms with E-state index >= 15 is 0 Å². The van der Waals surface area contributed by atoms with E-state index < -0.39 is 11.8 Å². The van der Waals surface area contributed by atoms with Gasteiger partial charge in [0.2, 0.25) is 0 Å². The van der Waals surface area contributed by atoms with Crippen LogP contribution in [0.15, 0.2) is 36.4 Å². The number of amides is 2. The van der Waals surface area contributed by atoms with E-state index in [1.807, 2.05) is 32.9 Å². The summed E-state index contributed by atoms with van der Waals surface area (Å²) in [7, 11) is 2.89. The molecule has 0 atom stereocenters. The molecule has 144 valence electrons. The summed E-state index contributed by atoms with van der Waals surface area (Å²) in [6.07, 6.45) is 0. The fourth-order valence-corrected chi connectivity index (χ4v) is 2.79. The molecule has 0 aliphatic carbocycles. The lowest BCUT2D eigenvalue weighted by molar-refractivity contribution is -0.133. The van der Waals surface area contributed by atoms with E-state index in [0.717, 1.165) is 5.56 Å². The smallest absolute Gasteiger partial charge is 0.314 e. The fraction of sp³-hybridized carbons (Fsp3) is 0.300. The summed E-state index contributed by atoms with van der Waals surface area (Å²) in [6.45, 7) is 6.09. The lowest BCUT2D eigenvalue weighted by Gasteiger charge is -2.22. The molecule has 0 saturated heterocycles. The SMILES string of the molecule is COc1cc(NC(=O)C(=O)Nc2ccccc2C(C)(C)C)c(OC)cc1Cl. The molecule has 2 amide bonds. The third-order valence-electron chi connectivity index (χ3n) is 3.91. The number of carbonyl (C=O) groups is 2. The maximum Gasteiger partial charge on any atom is 0.314 e. The van der Waals surface area contributed by atoms with Crippen LogP contribution in [0.3, 0.4) is 0 Å². The Balaban J connectivity index is 2.22. The molecule has 2 aromatic carbocycles. The second kappa shape index (κ2) is 8.31. The molecule has 7 heteroatoms. The van der Waals surface area contributed by atoms with E-state index in [2.05, 4.69) is 10.6 Å². The Morgan fingerprint density at radius 1 is 0.889 bits per heavy atom. The van der Waals surface area contributed by atoms with Crippen molar-refractivity contribution in [3.63, 3.8) is 0 Å². The molecule has 0 bridgehead atoms. The lowest BCUT2D eigenvalue weighted by atomic mass is 9.86. The summed E-state index contributed by atoms with van der Waals surface area (Å²) in [6, 6.07) is 10.4. The van der Waals surface area contributed by atoms with Crippen molar-refractivity contribution in [2.75, 3.05) is 24.9 Å². The highest BCUT2D eigenvalue weighted by Crippen LogP contribution is 2.36. The standard InChI is InChI=1S/C20H23ClN2O4/c1-20(2,3)12-8-6-7-9-14(12)22-18(24)19(25)23-15-11-16(26-4)13(21)10-17(15)27-5/h6-11H,1-5H3,(H,22,24)(H,23,25). The first-order valence-corrected chi connectivity index (χ1v) is 8.68. The quantitative estimate of drug-likeness (QED) is 0.766. The minimum Gasteiger partial charge on any atom is -0.495 e. The van der Waals surface area contributed by atoms with Gasteiger partial charge in [-0.3, -0.25) is 9.59 Å². The molecular formula is C20H23ClN2O4. The number of anilines is 2. The van der Waals surface area contributed by atoms with Crippen molar-refractivity contribution in [2.45, 2.75) is 26.2 Å². The number of nitrogens with one attached hydrogen (secondary N) is 2. The number of rotatable bonds is 4. The minimum absolute atomic E-state index is 0.187. The normalized spacial score (nSPS) is 10.9. The number of hydrogen-bond donors (Lipinski definition) is 2. The van der Waals surface area contributed by atoms with Gasteiger partial charge in [0.1, 0.15) is 11.5 Å². The number of benzene rings is 2. The molecule has 0 heterocycles. The van der Waals surface area contributed by atoms with Crippen LogP contribution in [-0.4, -0.2) is 26.0 Å². The Labute approximate surface area is 163 Å². The Morgan fingerprint density at radius 3 is 2.00 bits per heavy atom. The molecule has 27 heavy (non-hydrogen) atoms. The van der Waals surface area contributed by atoms with Crippen LogP contribution in [0.4, 0.5) is 11.4 Å². The number of methoxy groups -OCH3 is 2.